The molecule has 3 nitrogen and oxygen atoms in total. The number of hydrogen-bond acceptors (Lipinski definition) is 2. The van der Waals surface area contributed by atoms with Crippen molar-refractivity contribution < 1.29 is 4.79 Å². The van der Waals surface area contributed by atoms with Crippen molar-refractivity contribution in [3.63, 3.8) is 0 Å². The van der Waals surface area contributed by atoms with Crippen LogP contribution in [0.5, 0.6) is 0 Å². The van der Waals surface area contributed by atoms with Gasteiger partial charge >= 0.3 is 0 Å². The third-order valence-corrected chi connectivity index (χ3v) is 2.51. The van der Waals surface area contributed by atoms with Crippen molar-refractivity contribution in [2.24, 2.45) is 0 Å². The smallest absolute Gasteiger partial charge is 0.234 e. The Morgan fingerprint density at radius 3 is 2.50 bits per heavy atom. The van der Waals surface area contributed by atoms with Gasteiger partial charge < -0.3 is 10.6 Å². The summed E-state index contributed by atoms with van der Waals surface area (Å²) in [4.78, 5) is 11.4. The summed E-state index contributed by atoms with van der Waals surface area (Å²) >= 11 is 0. The van der Waals surface area contributed by atoms with E-state index in [0.717, 1.165) is 13.0 Å². The van der Waals surface area contributed by atoms with Crippen LogP contribution >= 0.6 is 0 Å². The van der Waals surface area contributed by atoms with Crippen LogP contribution in [-0.2, 0) is 17.8 Å². The van der Waals surface area contributed by atoms with Crippen LogP contribution in [0.2, 0.25) is 0 Å². The molecule has 0 aromatic heterocycles. The van der Waals surface area contributed by atoms with E-state index in [2.05, 4.69) is 29.7 Å². The van der Waals surface area contributed by atoms with Gasteiger partial charge in [-0.1, -0.05) is 38.1 Å². The topological polar surface area (TPSA) is 41.1 Å². The number of benzene rings is 1. The molecule has 0 saturated carbocycles. The molecule has 0 fully saturated rings. The summed E-state index contributed by atoms with van der Waals surface area (Å²) in [7, 11) is 0. The summed E-state index contributed by atoms with van der Waals surface area (Å²) in [6.07, 6.45) is 0.999. The van der Waals surface area contributed by atoms with E-state index in [1.807, 2.05) is 19.1 Å². The molecule has 0 heterocycles. The molecule has 2 N–H and O–H groups in total. The molecule has 0 atom stereocenters. The largest absolute Gasteiger partial charge is 0.351 e. The quantitative estimate of drug-likeness (QED) is 0.762. The van der Waals surface area contributed by atoms with Crippen molar-refractivity contribution in [3.8, 4) is 0 Å². The number of carbonyl (C=O) groups excluding carboxylic acids is 1. The third-order valence-electron chi connectivity index (χ3n) is 2.51. The lowest BCUT2D eigenvalue weighted by Gasteiger charge is -2.09. The van der Waals surface area contributed by atoms with E-state index in [-0.39, 0.29) is 5.91 Å². The molecule has 0 aliphatic heterocycles. The van der Waals surface area contributed by atoms with Gasteiger partial charge in [0.2, 0.25) is 5.91 Å². The Kier molecular flexibility index (Phi) is 5.57. The second-order valence-corrected chi connectivity index (χ2v) is 3.68. The SMILES string of the molecule is CCNCC(=O)NCc1ccccc1CC. The number of hydrogen-bond donors (Lipinski definition) is 2. The van der Waals surface area contributed by atoms with Gasteiger partial charge in [0.25, 0.3) is 0 Å². The van der Waals surface area contributed by atoms with Gasteiger partial charge in [-0.3, -0.25) is 4.79 Å². The highest BCUT2D eigenvalue weighted by molar-refractivity contribution is 5.77. The Morgan fingerprint density at radius 1 is 1.19 bits per heavy atom. The zero-order chi connectivity index (χ0) is 11.8. The first-order valence-electron chi connectivity index (χ1n) is 5.82. The maximum atomic E-state index is 11.4. The predicted molar refractivity (Wildman–Crippen MR) is 66.2 cm³/mol. The first-order valence-corrected chi connectivity index (χ1v) is 5.82. The minimum absolute atomic E-state index is 0.0488. The van der Waals surface area contributed by atoms with E-state index < -0.39 is 0 Å². The van der Waals surface area contributed by atoms with Crippen LogP contribution in [0.4, 0.5) is 0 Å². The lowest BCUT2D eigenvalue weighted by atomic mass is 10.1. The first-order chi connectivity index (χ1) is 7.77. The summed E-state index contributed by atoms with van der Waals surface area (Å²) < 4.78 is 0. The van der Waals surface area contributed by atoms with Gasteiger partial charge in [0.05, 0.1) is 6.54 Å². The Morgan fingerprint density at radius 2 is 1.88 bits per heavy atom. The standard InChI is InChI=1S/C13H20N2O/c1-3-11-7-5-6-8-12(11)9-15-13(16)10-14-4-2/h5-8,14H,3-4,9-10H2,1-2H3,(H,15,16). The van der Waals surface area contributed by atoms with Crippen LogP contribution in [0.1, 0.15) is 25.0 Å². The fourth-order valence-corrected chi connectivity index (χ4v) is 1.57. The number of nitrogens with one attached hydrogen (secondary N) is 2. The predicted octanol–water partition coefficient (Wildman–Crippen LogP) is 1.47. The van der Waals surface area contributed by atoms with Crippen molar-refractivity contribution in [1.82, 2.24) is 10.6 Å². The van der Waals surface area contributed by atoms with Gasteiger partial charge in [0.15, 0.2) is 0 Å². The maximum absolute atomic E-state index is 11.4. The molecule has 1 aromatic carbocycles. The second kappa shape index (κ2) is 7.01. The lowest BCUT2D eigenvalue weighted by molar-refractivity contribution is -0.120. The third kappa shape index (κ3) is 4.03. The average molecular weight is 220 g/mol. The van der Waals surface area contributed by atoms with Gasteiger partial charge in [-0.25, -0.2) is 0 Å². The van der Waals surface area contributed by atoms with Crippen LogP contribution in [0, 0.1) is 0 Å². The number of carbonyl (C=O) groups is 1. The Balaban J connectivity index is 2.44. The second-order valence-electron chi connectivity index (χ2n) is 3.68. The molecular formula is C13H20N2O. The van der Waals surface area contributed by atoms with Crippen molar-refractivity contribution in [2.75, 3.05) is 13.1 Å². The molecule has 16 heavy (non-hydrogen) atoms. The monoisotopic (exact) mass is 220 g/mol. The van der Waals surface area contributed by atoms with Gasteiger partial charge in [-0.05, 0) is 24.1 Å². The van der Waals surface area contributed by atoms with Crippen LogP contribution in [0.25, 0.3) is 0 Å². The van der Waals surface area contributed by atoms with Gasteiger partial charge in [0, 0.05) is 6.54 Å². The van der Waals surface area contributed by atoms with Crippen molar-refractivity contribution in [3.05, 3.63) is 35.4 Å². The molecule has 0 bridgehead atoms. The average Bonchev–Trinajstić information content (AvgIpc) is 2.34. The van der Waals surface area contributed by atoms with Crippen molar-refractivity contribution in [2.45, 2.75) is 26.8 Å². The highest BCUT2D eigenvalue weighted by Crippen LogP contribution is 2.08. The first kappa shape index (κ1) is 12.7. The molecule has 88 valence electrons. The number of aryl methyl sites for hydroxylation is 1. The summed E-state index contributed by atoms with van der Waals surface area (Å²) in [5, 5.41) is 5.91. The van der Waals surface area contributed by atoms with Crippen LogP contribution < -0.4 is 10.6 Å². The zero-order valence-corrected chi connectivity index (χ0v) is 10.0. The van der Waals surface area contributed by atoms with E-state index in [0.29, 0.717) is 13.1 Å². The van der Waals surface area contributed by atoms with Crippen molar-refractivity contribution >= 4 is 5.91 Å². The lowest BCUT2D eigenvalue weighted by Crippen LogP contribution is -2.33. The minimum Gasteiger partial charge on any atom is -0.351 e. The molecule has 0 unspecified atom stereocenters. The fraction of sp³-hybridized carbons (Fsp3) is 0.462. The molecule has 1 aromatic rings. The van der Waals surface area contributed by atoms with Gasteiger partial charge in [-0.2, -0.15) is 0 Å². The van der Waals surface area contributed by atoms with E-state index in [1.165, 1.54) is 11.1 Å². The van der Waals surface area contributed by atoms with Crippen LogP contribution in [0.15, 0.2) is 24.3 Å². The van der Waals surface area contributed by atoms with E-state index in [1.54, 1.807) is 0 Å². The van der Waals surface area contributed by atoms with Crippen LogP contribution in [0.3, 0.4) is 0 Å². The summed E-state index contributed by atoms with van der Waals surface area (Å²) in [6, 6.07) is 8.20. The summed E-state index contributed by atoms with van der Waals surface area (Å²) in [6.45, 7) is 5.94. The Bertz CT molecular complexity index is 336. The Hall–Kier alpha value is -1.35. The molecule has 0 radical (unpaired) electrons. The maximum Gasteiger partial charge on any atom is 0.234 e. The molecule has 0 spiro atoms. The van der Waals surface area contributed by atoms with E-state index in [9.17, 15) is 4.79 Å². The number of amides is 1. The summed E-state index contributed by atoms with van der Waals surface area (Å²) in [5.41, 5.74) is 2.50. The van der Waals surface area contributed by atoms with E-state index in [4.69, 9.17) is 0 Å². The number of likely N-dealkylation sites (N-methyl/N-ethyl adjacent to an activating group) is 1. The molecule has 1 amide bonds. The molecule has 0 aliphatic carbocycles. The molecule has 0 saturated heterocycles. The highest BCUT2D eigenvalue weighted by atomic mass is 16.1. The zero-order valence-electron chi connectivity index (χ0n) is 10.0. The minimum atomic E-state index is 0.0488. The molecule has 1 rings (SSSR count). The Labute approximate surface area is 97.2 Å². The normalized spacial score (nSPS) is 10.1. The number of rotatable bonds is 6. The molecule has 3 heteroatoms. The molecule has 0 aliphatic rings. The van der Waals surface area contributed by atoms with Gasteiger partial charge in [-0.15, -0.1) is 0 Å². The van der Waals surface area contributed by atoms with Crippen molar-refractivity contribution in [1.29, 1.82) is 0 Å². The highest BCUT2D eigenvalue weighted by Gasteiger charge is 2.02. The summed E-state index contributed by atoms with van der Waals surface area (Å²) in [5.74, 6) is 0.0488. The molecular weight excluding hydrogens is 200 g/mol. The van der Waals surface area contributed by atoms with Gasteiger partial charge in [0.1, 0.15) is 0 Å². The van der Waals surface area contributed by atoms with E-state index >= 15 is 0 Å². The fourth-order valence-electron chi connectivity index (χ4n) is 1.57. The van der Waals surface area contributed by atoms with Crippen LogP contribution in [-0.4, -0.2) is 19.0 Å².